The molecule has 0 spiro atoms. The molecule has 146 valence electrons. The van der Waals surface area contributed by atoms with Crippen molar-refractivity contribution in [3.8, 4) is 0 Å². The van der Waals surface area contributed by atoms with E-state index in [1.165, 1.54) is 6.08 Å². The molecule has 6 nitrogen and oxygen atoms in total. The first-order valence-corrected chi connectivity index (χ1v) is 9.49. The van der Waals surface area contributed by atoms with E-state index in [1.807, 2.05) is 45.9 Å². The van der Waals surface area contributed by atoms with Crippen molar-refractivity contribution < 1.29 is 14.1 Å². The number of carbonyl (C=O) groups excluding carboxylic acids is 1. The van der Waals surface area contributed by atoms with Gasteiger partial charge in [-0.2, -0.15) is 0 Å². The Kier molecular flexibility index (Phi) is 5.39. The third-order valence-electron chi connectivity index (χ3n) is 5.83. The van der Waals surface area contributed by atoms with Gasteiger partial charge in [0.05, 0.1) is 22.6 Å². The predicted molar refractivity (Wildman–Crippen MR) is 111 cm³/mol. The van der Waals surface area contributed by atoms with Gasteiger partial charge in [-0.25, -0.2) is 0 Å². The molecule has 0 unspecified atom stereocenters. The first-order chi connectivity index (χ1) is 12.6. The number of amides is 1. The molecule has 0 saturated carbocycles. The summed E-state index contributed by atoms with van der Waals surface area (Å²) in [5.74, 6) is -0.226. The Bertz CT molecular complexity index is 711. The topological polar surface area (TPSA) is 54.0 Å². The van der Waals surface area contributed by atoms with Gasteiger partial charge in [0, 0.05) is 26.2 Å². The van der Waals surface area contributed by atoms with Crippen LogP contribution in [-0.4, -0.2) is 62.4 Å². The van der Waals surface area contributed by atoms with Crippen molar-refractivity contribution in [1.82, 2.24) is 4.90 Å². The third-order valence-corrected chi connectivity index (χ3v) is 5.83. The highest BCUT2D eigenvalue weighted by Gasteiger charge is 2.51. The Morgan fingerprint density at radius 3 is 2.30 bits per heavy atom. The summed E-state index contributed by atoms with van der Waals surface area (Å²) in [6, 6.07) is 6.03. The van der Waals surface area contributed by atoms with E-state index in [1.54, 1.807) is 0 Å². The van der Waals surface area contributed by atoms with Crippen LogP contribution in [0.15, 0.2) is 30.9 Å². The maximum Gasteiger partial charge on any atom is 0.494 e. The average Bonchev–Trinajstić information content (AvgIpc) is 2.83. The molecule has 2 aliphatic rings. The van der Waals surface area contributed by atoms with E-state index >= 15 is 0 Å². The molecular formula is C20H30BN3O3. The summed E-state index contributed by atoms with van der Waals surface area (Å²) in [6.07, 6.45) is 1.29. The van der Waals surface area contributed by atoms with Gasteiger partial charge in [0.1, 0.15) is 0 Å². The number of nitrogens with zero attached hydrogens (tertiary/aromatic N) is 2. The summed E-state index contributed by atoms with van der Waals surface area (Å²) < 4.78 is 12.3. The zero-order valence-corrected chi connectivity index (χ0v) is 17.0. The summed E-state index contributed by atoms with van der Waals surface area (Å²) in [4.78, 5) is 16.6. The third kappa shape index (κ3) is 4.05. The lowest BCUT2D eigenvalue weighted by atomic mass is 9.78. The van der Waals surface area contributed by atoms with Crippen LogP contribution in [0.1, 0.15) is 27.7 Å². The lowest BCUT2D eigenvalue weighted by molar-refractivity contribution is -0.111. The summed E-state index contributed by atoms with van der Waals surface area (Å²) in [5.41, 5.74) is 1.86. The molecule has 0 bridgehead atoms. The molecule has 1 N–H and O–H groups in total. The number of benzene rings is 1. The number of likely N-dealkylation sites (N-methyl/N-ethyl adjacent to an activating group) is 1. The van der Waals surface area contributed by atoms with Crippen molar-refractivity contribution in [2.24, 2.45) is 0 Å². The van der Waals surface area contributed by atoms with Gasteiger partial charge in [0.2, 0.25) is 5.91 Å². The van der Waals surface area contributed by atoms with E-state index in [0.717, 1.165) is 43.0 Å². The summed E-state index contributed by atoms with van der Waals surface area (Å²) in [5, 5.41) is 2.95. The molecule has 2 fully saturated rings. The fourth-order valence-corrected chi connectivity index (χ4v) is 3.29. The van der Waals surface area contributed by atoms with Gasteiger partial charge in [0.15, 0.2) is 0 Å². The number of carbonyl (C=O) groups is 1. The van der Waals surface area contributed by atoms with Crippen LogP contribution in [0.5, 0.6) is 0 Å². The second-order valence-electron chi connectivity index (χ2n) is 8.35. The highest BCUT2D eigenvalue weighted by atomic mass is 16.7. The Hall–Kier alpha value is -1.83. The number of hydrogen-bond acceptors (Lipinski definition) is 5. The molecule has 1 aromatic rings. The highest BCUT2D eigenvalue weighted by Crippen LogP contribution is 2.37. The number of nitrogens with one attached hydrogen (secondary N) is 1. The molecule has 3 rings (SSSR count). The quantitative estimate of drug-likeness (QED) is 0.647. The first-order valence-electron chi connectivity index (χ1n) is 9.49. The lowest BCUT2D eigenvalue weighted by Crippen LogP contribution is -2.45. The molecule has 27 heavy (non-hydrogen) atoms. The highest BCUT2D eigenvalue weighted by molar-refractivity contribution is 6.62. The van der Waals surface area contributed by atoms with Gasteiger partial charge in [-0.05, 0) is 58.4 Å². The van der Waals surface area contributed by atoms with E-state index in [9.17, 15) is 4.79 Å². The molecule has 0 aromatic heterocycles. The fraction of sp³-hybridized carbons (Fsp3) is 0.550. The van der Waals surface area contributed by atoms with E-state index in [4.69, 9.17) is 9.31 Å². The van der Waals surface area contributed by atoms with Gasteiger partial charge in [-0.15, -0.1) is 0 Å². The minimum atomic E-state index is -0.462. The number of anilines is 2. The van der Waals surface area contributed by atoms with Crippen molar-refractivity contribution in [3.05, 3.63) is 30.9 Å². The normalized spacial score (nSPS) is 22.0. The van der Waals surface area contributed by atoms with Crippen molar-refractivity contribution in [1.29, 1.82) is 0 Å². The number of hydrogen-bond donors (Lipinski definition) is 1. The molecule has 0 aliphatic carbocycles. The van der Waals surface area contributed by atoms with Crippen LogP contribution in [0.25, 0.3) is 0 Å². The minimum absolute atomic E-state index is 0.226. The van der Waals surface area contributed by atoms with Crippen molar-refractivity contribution in [3.63, 3.8) is 0 Å². The number of rotatable bonds is 4. The zero-order valence-electron chi connectivity index (χ0n) is 17.0. The zero-order chi connectivity index (χ0) is 19.8. The Morgan fingerprint density at radius 1 is 1.15 bits per heavy atom. The van der Waals surface area contributed by atoms with E-state index in [2.05, 4.69) is 28.7 Å². The first kappa shape index (κ1) is 19.9. The minimum Gasteiger partial charge on any atom is -0.399 e. The van der Waals surface area contributed by atoms with Crippen LogP contribution < -0.4 is 15.7 Å². The maximum atomic E-state index is 12.0. The second-order valence-corrected chi connectivity index (χ2v) is 8.35. The van der Waals surface area contributed by atoms with E-state index in [0.29, 0.717) is 0 Å². The monoisotopic (exact) mass is 371 g/mol. The molecule has 2 aliphatic heterocycles. The van der Waals surface area contributed by atoms with Crippen molar-refractivity contribution >= 4 is 29.9 Å². The summed E-state index contributed by atoms with van der Waals surface area (Å²) in [7, 11) is 1.66. The van der Waals surface area contributed by atoms with Gasteiger partial charge < -0.3 is 24.4 Å². The summed E-state index contributed by atoms with van der Waals surface area (Å²) >= 11 is 0. The molecule has 0 atom stereocenters. The van der Waals surface area contributed by atoms with Gasteiger partial charge >= 0.3 is 7.12 Å². The lowest BCUT2D eigenvalue weighted by Gasteiger charge is -2.35. The molecule has 1 aromatic carbocycles. The van der Waals surface area contributed by atoms with Crippen LogP contribution in [0.2, 0.25) is 0 Å². The van der Waals surface area contributed by atoms with Crippen LogP contribution >= 0.6 is 0 Å². The maximum absolute atomic E-state index is 12.0. The fourth-order valence-electron chi connectivity index (χ4n) is 3.29. The predicted octanol–water partition coefficient (Wildman–Crippen LogP) is 1.86. The van der Waals surface area contributed by atoms with E-state index in [-0.39, 0.29) is 5.91 Å². The molecule has 2 heterocycles. The van der Waals surface area contributed by atoms with Gasteiger partial charge in [-0.3, -0.25) is 4.79 Å². The molecule has 2 saturated heterocycles. The van der Waals surface area contributed by atoms with Crippen LogP contribution in [0, 0.1) is 0 Å². The van der Waals surface area contributed by atoms with Crippen LogP contribution in [-0.2, 0) is 14.1 Å². The largest absolute Gasteiger partial charge is 0.494 e. The van der Waals surface area contributed by atoms with Crippen LogP contribution in [0.3, 0.4) is 0 Å². The van der Waals surface area contributed by atoms with Crippen LogP contribution in [0.4, 0.5) is 11.4 Å². The SMILES string of the molecule is C=CC(=O)Nc1cc(B2OC(C)(C)C(C)(C)O2)ccc1N1CCN(C)CC1. The van der Waals surface area contributed by atoms with Gasteiger partial charge in [-0.1, -0.05) is 12.6 Å². The van der Waals surface area contributed by atoms with E-state index < -0.39 is 18.3 Å². The average molecular weight is 371 g/mol. The molecule has 0 radical (unpaired) electrons. The Balaban J connectivity index is 1.90. The number of piperazine rings is 1. The van der Waals surface area contributed by atoms with Crippen molar-refractivity contribution in [2.45, 2.75) is 38.9 Å². The second kappa shape index (κ2) is 7.30. The van der Waals surface area contributed by atoms with Gasteiger partial charge in [0.25, 0.3) is 0 Å². The van der Waals surface area contributed by atoms with Crippen molar-refractivity contribution in [2.75, 3.05) is 43.4 Å². The standard InChI is InChI=1S/C20H30BN3O3/c1-7-18(25)22-16-14-15(21-26-19(2,3)20(4,5)27-21)8-9-17(16)24-12-10-23(6)11-13-24/h7-9,14H,1,10-13H2,2-6H3,(H,22,25). The molecule has 1 amide bonds. The molecular weight excluding hydrogens is 341 g/mol. The Morgan fingerprint density at radius 2 is 1.74 bits per heavy atom. The summed E-state index contributed by atoms with van der Waals surface area (Å²) in [6.45, 7) is 15.5. The smallest absolute Gasteiger partial charge is 0.399 e. The molecule has 7 heteroatoms. The Labute approximate surface area is 162 Å².